The van der Waals surface area contributed by atoms with Crippen LogP contribution in [0.5, 0.6) is 0 Å². The first-order valence-corrected chi connectivity index (χ1v) is 11.1. The van der Waals surface area contributed by atoms with E-state index in [1.165, 1.54) is 0 Å². The van der Waals surface area contributed by atoms with Crippen molar-refractivity contribution in [2.75, 3.05) is 19.6 Å². The third kappa shape index (κ3) is 6.33. The minimum absolute atomic E-state index is 0.00192. The highest BCUT2D eigenvalue weighted by Crippen LogP contribution is 2.23. The maximum atomic E-state index is 13.3. The molecule has 0 radical (unpaired) electrons. The first-order chi connectivity index (χ1) is 14.2. The van der Waals surface area contributed by atoms with Crippen molar-refractivity contribution in [3.63, 3.8) is 0 Å². The van der Waals surface area contributed by atoms with Crippen molar-refractivity contribution in [2.45, 2.75) is 39.3 Å². The van der Waals surface area contributed by atoms with Gasteiger partial charge in [-0.3, -0.25) is 4.79 Å². The summed E-state index contributed by atoms with van der Waals surface area (Å²) in [5, 5.41) is 0. The lowest BCUT2D eigenvalue weighted by Gasteiger charge is -2.27. The van der Waals surface area contributed by atoms with Crippen LogP contribution in [-0.4, -0.2) is 47.0 Å². The Bertz CT molecular complexity index is 862. The second-order valence-corrected chi connectivity index (χ2v) is 9.67. The van der Waals surface area contributed by atoms with Crippen LogP contribution in [0, 0.1) is 5.92 Å². The van der Waals surface area contributed by atoms with Gasteiger partial charge >= 0.3 is 6.09 Å². The summed E-state index contributed by atoms with van der Waals surface area (Å²) in [6, 6.07) is 17.4. The van der Waals surface area contributed by atoms with Crippen molar-refractivity contribution in [3.8, 4) is 0 Å². The monoisotopic (exact) mass is 472 g/mol. The van der Waals surface area contributed by atoms with E-state index in [2.05, 4.69) is 15.9 Å². The number of halogens is 1. The summed E-state index contributed by atoms with van der Waals surface area (Å²) >= 11 is 3.42. The zero-order chi connectivity index (χ0) is 21.7. The Morgan fingerprint density at radius 2 is 1.77 bits per heavy atom. The zero-order valence-electron chi connectivity index (χ0n) is 17.8. The number of hydrogen-bond donors (Lipinski definition) is 0. The molecule has 3 rings (SSSR count). The Hall–Kier alpha value is -2.34. The smallest absolute Gasteiger partial charge is 0.410 e. The average Bonchev–Trinajstić information content (AvgIpc) is 3.16. The maximum absolute atomic E-state index is 13.3. The van der Waals surface area contributed by atoms with E-state index in [4.69, 9.17) is 4.74 Å². The van der Waals surface area contributed by atoms with Gasteiger partial charge in [-0.25, -0.2) is 4.79 Å². The fraction of sp³-hybridized carbons (Fsp3) is 0.417. The van der Waals surface area contributed by atoms with Crippen molar-refractivity contribution in [2.24, 2.45) is 5.92 Å². The van der Waals surface area contributed by atoms with Crippen molar-refractivity contribution in [1.29, 1.82) is 0 Å². The lowest BCUT2D eigenvalue weighted by atomic mass is 10.1. The number of carbonyl (C=O) groups is 2. The molecular formula is C24H29BrN2O3. The molecule has 5 nitrogen and oxygen atoms in total. The summed E-state index contributed by atoms with van der Waals surface area (Å²) in [6.07, 6.45) is 0.580. The van der Waals surface area contributed by atoms with E-state index in [9.17, 15) is 9.59 Å². The van der Waals surface area contributed by atoms with E-state index in [1.54, 1.807) is 4.90 Å². The van der Waals surface area contributed by atoms with E-state index in [0.29, 0.717) is 31.7 Å². The molecular weight excluding hydrogens is 444 g/mol. The molecule has 0 N–H and O–H groups in total. The quantitative estimate of drug-likeness (QED) is 0.589. The fourth-order valence-electron chi connectivity index (χ4n) is 3.58. The highest BCUT2D eigenvalue weighted by Gasteiger charge is 2.31. The van der Waals surface area contributed by atoms with Gasteiger partial charge in [-0.2, -0.15) is 0 Å². The Balaban J connectivity index is 1.70. The predicted molar refractivity (Wildman–Crippen MR) is 121 cm³/mol. The molecule has 1 fully saturated rings. The molecule has 1 aliphatic rings. The molecule has 0 bridgehead atoms. The second kappa shape index (κ2) is 9.65. The molecule has 0 unspecified atom stereocenters. The van der Waals surface area contributed by atoms with Crippen molar-refractivity contribution in [3.05, 3.63) is 70.2 Å². The molecule has 2 amide bonds. The van der Waals surface area contributed by atoms with Gasteiger partial charge in [0, 0.05) is 36.2 Å². The van der Waals surface area contributed by atoms with Crippen LogP contribution in [0.2, 0.25) is 0 Å². The molecule has 1 heterocycles. The zero-order valence-corrected chi connectivity index (χ0v) is 19.4. The molecule has 2 aromatic rings. The first kappa shape index (κ1) is 22.3. The van der Waals surface area contributed by atoms with Crippen LogP contribution in [0.1, 0.15) is 43.1 Å². The Labute approximate surface area is 187 Å². The van der Waals surface area contributed by atoms with Crippen molar-refractivity contribution < 1.29 is 14.3 Å². The standard InChI is InChI=1S/C24H29BrN2O3/c1-24(2,3)30-23(29)26-14-13-19(16-26)17-27(15-18-7-5-4-6-8-18)22(28)20-9-11-21(25)12-10-20/h4-12,19H,13-17H2,1-3H3/t19-/m1/s1. The summed E-state index contributed by atoms with van der Waals surface area (Å²) in [4.78, 5) is 29.3. The number of ether oxygens (including phenoxy) is 1. The van der Waals surface area contributed by atoms with Gasteiger partial charge in [0.1, 0.15) is 5.60 Å². The number of likely N-dealkylation sites (tertiary alicyclic amines) is 1. The normalized spacial score (nSPS) is 16.4. The van der Waals surface area contributed by atoms with Crippen LogP contribution in [0.25, 0.3) is 0 Å². The minimum Gasteiger partial charge on any atom is -0.444 e. The number of carbonyl (C=O) groups excluding carboxylic acids is 2. The summed E-state index contributed by atoms with van der Waals surface area (Å²) in [5.74, 6) is 0.225. The Morgan fingerprint density at radius 3 is 2.40 bits per heavy atom. The van der Waals surface area contributed by atoms with Gasteiger partial charge < -0.3 is 14.5 Å². The molecule has 1 aliphatic heterocycles. The Morgan fingerprint density at radius 1 is 1.10 bits per heavy atom. The minimum atomic E-state index is -0.508. The molecule has 160 valence electrons. The van der Waals surface area contributed by atoms with Crippen LogP contribution in [0.4, 0.5) is 4.79 Å². The fourth-order valence-corrected chi connectivity index (χ4v) is 3.85. The van der Waals surface area contributed by atoms with Gasteiger partial charge in [0.2, 0.25) is 0 Å². The second-order valence-electron chi connectivity index (χ2n) is 8.76. The molecule has 0 aliphatic carbocycles. The van der Waals surface area contributed by atoms with E-state index in [-0.39, 0.29) is 17.9 Å². The van der Waals surface area contributed by atoms with Crippen LogP contribution in [-0.2, 0) is 11.3 Å². The Kier molecular flexibility index (Phi) is 7.19. The SMILES string of the molecule is CC(C)(C)OC(=O)N1CC[C@@H](CN(Cc2ccccc2)C(=O)c2ccc(Br)cc2)C1. The van der Waals surface area contributed by atoms with E-state index >= 15 is 0 Å². The van der Waals surface area contributed by atoms with E-state index in [1.807, 2.05) is 80.3 Å². The molecule has 2 aromatic carbocycles. The van der Waals surface area contributed by atoms with Crippen LogP contribution < -0.4 is 0 Å². The van der Waals surface area contributed by atoms with Gasteiger partial charge in [-0.1, -0.05) is 46.3 Å². The van der Waals surface area contributed by atoms with Crippen LogP contribution >= 0.6 is 15.9 Å². The predicted octanol–water partition coefficient (Wildman–Crippen LogP) is 5.35. The van der Waals surface area contributed by atoms with Crippen LogP contribution in [0.15, 0.2) is 59.1 Å². The van der Waals surface area contributed by atoms with E-state index < -0.39 is 5.60 Å². The molecule has 0 aromatic heterocycles. The highest BCUT2D eigenvalue weighted by molar-refractivity contribution is 9.10. The lowest BCUT2D eigenvalue weighted by molar-refractivity contribution is 0.0285. The van der Waals surface area contributed by atoms with Gasteiger partial charge in [0.15, 0.2) is 0 Å². The number of benzene rings is 2. The summed E-state index contributed by atoms with van der Waals surface area (Å²) in [6.45, 7) is 8.02. The summed E-state index contributed by atoms with van der Waals surface area (Å²) in [7, 11) is 0. The first-order valence-electron chi connectivity index (χ1n) is 10.3. The lowest BCUT2D eigenvalue weighted by Crippen LogP contribution is -2.38. The molecule has 1 atom stereocenters. The largest absolute Gasteiger partial charge is 0.444 e. The highest BCUT2D eigenvalue weighted by atomic mass is 79.9. The third-order valence-corrected chi connectivity index (χ3v) is 5.54. The maximum Gasteiger partial charge on any atom is 0.410 e. The number of nitrogens with zero attached hydrogens (tertiary/aromatic N) is 2. The third-order valence-electron chi connectivity index (χ3n) is 5.01. The average molecular weight is 473 g/mol. The van der Waals surface area contributed by atoms with Gasteiger partial charge in [0.05, 0.1) is 0 Å². The van der Waals surface area contributed by atoms with Gasteiger partial charge in [-0.05, 0) is 62.9 Å². The van der Waals surface area contributed by atoms with Crippen LogP contribution in [0.3, 0.4) is 0 Å². The van der Waals surface area contributed by atoms with E-state index in [0.717, 1.165) is 16.5 Å². The molecule has 0 spiro atoms. The van der Waals surface area contributed by atoms with Crippen molar-refractivity contribution in [1.82, 2.24) is 9.80 Å². The molecule has 1 saturated heterocycles. The molecule has 0 saturated carbocycles. The summed E-state index contributed by atoms with van der Waals surface area (Å²) in [5.41, 5.74) is 1.24. The number of hydrogen-bond acceptors (Lipinski definition) is 3. The molecule has 30 heavy (non-hydrogen) atoms. The summed E-state index contributed by atoms with van der Waals surface area (Å²) < 4.78 is 6.44. The number of amides is 2. The topological polar surface area (TPSA) is 49.9 Å². The number of rotatable bonds is 5. The van der Waals surface area contributed by atoms with Gasteiger partial charge in [-0.15, -0.1) is 0 Å². The van der Waals surface area contributed by atoms with Crippen molar-refractivity contribution >= 4 is 27.9 Å². The van der Waals surface area contributed by atoms with Gasteiger partial charge in [0.25, 0.3) is 5.91 Å². The molecule has 6 heteroatoms.